The summed E-state index contributed by atoms with van der Waals surface area (Å²) in [6.07, 6.45) is -6.44. The molecule has 5 atom stereocenters. The summed E-state index contributed by atoms with van der Waals surface area (Å²) in [5.41, 5.74) is 0.184. The summed E-state index contributed by atoms with van der Waals surface area (Å²) in [6, 6.07) is 7.84. The quantitative estimate of drug-likeness (QED) is 0.230. The first-order valence-electron chi connectivity index (χ1n) is 6.46. The van der Waals surface area contributed by atoms with E-state index < -0.39 is 42.2 Å². The Morgan fingerprint density at radius 2 is 1.77 bits per heavy atom. The van der Waals surface area contributed by atoms with Gasteiger partial charge in [-0.3, -0.25) is 0 Å². The highest BCUT2D eigenvalue weighted by molar-refractivity contribution is 7.81. The normalized spacial score (nSPS) is 17.9. The number of thiol groups is 1. The third kappa shape index (κ3) is 4.79. The molecular weight excluding hydrogens is 312 g/mol. The maximum Gasteiger partial charge on any atom is 0.338 e. The van der Waals surface area contributed by atoms with E-state index in [2.05, 4.69) is 12.6 Å². The molecule has 8 heteroatoms. The molecule has 0 heterocycles. The average Bonchev–Trinajstić information content (AvgIpc) is 2.57. The van der Waals surface area contributed by atoms with Crippen LogP contribution in [0.2, 0.25) is 0 Å². The summed E-state index contributed by atoms with van der Waals surface area (Å²) in [6.45, 7) is -0.810. The Morgan fingerprint density at radius 3 is 2.27 bits per heavy atom. The van der Waals surface area contributed by atoms with Gasteiger partial charge in [0.2, 0.25) is 0 Å². The van der Waals surface area contributed by atoms with E-state index in [4.69, 9.17) is 9.84 Å². The van der Waals surface area contributed by atoms with Crippen molar-refractivity contribution in [1.29, 1.82) is 0 Å². The van der Waals surface area contributed by atoms with E-state index in [0.717, 1.165) is 0 Å². The molecule has 0 aliphatic carbocycles. The lowest BCUT2D eigenvalue weighted by molar-refractivity contribution is -0.125. The second-order valence-electron chi connectivity index (χ2n) is 4.59. The third-order valence-electron chi connectivity index (χ3n) is 3.00. The van der Waals surface area contributed by atoms with Gasteiger partial charge in [0.15, 0.2) is 0 Å². The van der Waals surface area contributed by atoms with Gasteiger partial charge >= 0.3 is 5.97 Å². The van der Waals surface area contributed by atoms with Crippen LogP contribution in [0.1, 0.15) is 10.4 Å². The summed E-state index contributed by atoms with van der Waals surface area (Å²) in [5.74, 6) is -0.823. The maximum absolute atomic E-state index is 12.0. The standard InChI is InChI=1S/C14H18O7S/c15-6-9(17)11(18)12(19)13(10(22)7-16)21-14(20)8-4-2-1-3-5-8/h1-5,7,9-13,15,17-19,22H,6H2. The van der Waals surface area contributed by atoms with Gasteiger partial charge in [-0.15, -0.1) is 0 Å². The molecule has 122 valence electrons. The van der Waals surface area contributed by atoms with E-state index in [0.29, 0.717) is 6.29 Å². The van der Waals surface area contributed by atoms with Gasteiger partial charge in [0.05, 0.1) is 17.4 Å². The molecule has 0 aliphatic rings. The Labute approximate surface area is 132 Å². The van der Waals surface area contributed by atoms with Gasteiger partial charge in [0.1, 0.15) is 30.7 Å². The first-order chi connectivity index (χ1) is 10.4. The monoisotopic (exact) mass is 330 g/mol. The highest BCUT2D eigenvalue weighted by atomic mass is 32.1. The first-order valence-corrected chi connectivity index (χ1v) is 6.98. The maximum atomic E-state index is 12.0. The van der Waals surface area contributed by atoms with Crippen molar-refractivity contribution >= 4 is 24.9 Å². The molecule has 22 heavy (non-hydrogen) atoms. The third-order valence-corrected chi connectivity index (χ3v) is 3.41. The number of aldehydes is 1. The van der Waals surface area contributed by atoms with Crippen molar-refractivity contribution in [2.75, 3.05) is 6.61 Å². The van der Waals surface area contributed by atoms with Crippen LogP contribution in [0.4, 0.5) is 0 Å². The molecule has 5 unspecified atom stereocenters. The zero-order chi connectivity index (χ0) is 16.7. The summed E-state index contributed by atoms with van der Waals surface area (Å²) in [7, 11) is 0. The first kappa shape index (κ1) is 18.6. The predicted octanol–water partition coefficient (Wildman–Crippen LogP) is -1.22. The van der Waals surface area contributed by atoms with Gasteiger partial charge in [-0.25, -0.2) is 4.79 Å². The number of hydrogen-bond acceptors (Lipinski definition) is 8. The smallest absolute Gasteiger partial charge is 0.338 e. The lowest BCUT2D eigenvalue weighted by atomic mass is 10.0. The van der Waals surface area contributed by atoms with Crippen molar-refractivity contribution < 1.29 is 34.8 Å². The second kappa shape index (κ2) is 8.86. The van der Waals surface area contributed by atoms with Crippen LogP contribution in [-0.4, -0.2) is 69.0 Å². The number of hydrogen-bond donors (Lipinski definition) is 5. The molecule has 1 aromatic rings. The number of benzene rings is 1. The Balaban J connectivity index is 2.89. The molecule has 1 aromatic carbocycles. The molecule has 0 saturated carbocycles. The van der Waals surface area contributed by atoms with Gasteiger partial charge in [-0.2, -0.15) is 12.6 Å². The SMILES string of the molecule is O=CC(S)C(OC(=O)c1ccccc1)C(O)C(O)C(O)CO. The highest BCUT2D eigenvalue weighted by Gasteiger charge is 2.37. The summed E-state index contributed by atoms with van der Waals surface area (Å²) >= 11 is 3.88. The fourth-order valence-corrected chi connectivity index (χ4v) is 1.95. The molecule has 0 saturated heterocycles. The van der Waals surface area contributed by atoms with Crippen LogP contribution in [0.25, 0.3) is 0 Å². The molecule has 0 radical (unpaired) electrons. The number of aliphatic hydroxyl groups is 4. The molecule has 0 aromatic heterocycles. The Hall–Kier alpha value is -1.45. The van der Waals surface area contributed by atoms with Crippen LogP contribution >= 0.6 is 12.6 Å². The minimum absolute atomic E-state index is 0.184. The van der Waals surface area contributed by atoms with E-state index in [-0.39, 0.29) is 5.56 Å². The van der Waals surface area contributed by atoms with Crippen molar-refractivity contribution in [3.05, 3.63) is 35.9 Å². The van der Waals surface area contributed by atoms with Crippen LogP contribution in [0, 0.1) is 0 Å². The van der Waals surface area contributed by atoms with Crippen molar-refractivity contribution in [2.24, 2.45) is 0 Å². The summed E-state index contributed by atoms with van der Waals surface area (Å²) in [5, 5.41) is 36.5. The van der Waals surface area contributed by atoms with Crippen LogP contribution < -0.4 is 0 Å². The number of ether oxygens (including phenoxy) is 1. The molecule has 0 aliphatic heterocycles. The Bertz CT molecular complexity index is 481. The minimum atomic E-state index is -1.81. The predicted molar refractivity (Wildman–Crippen MR) is 79.6 cm³/mol. The molecule has 1 rings (SSSR count). The molecule has 4 N–H and O–H groups in total. The number of carbonyl (C=O) groups excluding carboxylic acids is 2. The second-order valence-corrected chi connectivity index (χ2v) is 5.19. The van der Waals surface area contributed by atoms with Crippen LogP contribution in [0.15, 0.2) is 30.3 Å². The van der Waals surface area contributed by atoms with Crippen LogP contribution in [0.3, 0.4) is 0 Å². The lowest BCUT2D eigenvalue weighted by Crippen LogP contribution is -2.51. The Kier molecular flexibility index (Phi) is 7.49. The molecule has 0 fully saturated rings. The van der Waals surface area contributed by atoms with Gasteiger partial charge in [-0.05, 0) is 12.1 Å². The molecule has 0 amide bonds. The summed E-state index contributed by atoms with van der Waals surface area (Å²) < 4.78 is 5.02. The largest absolute Gasteiger partial charge is 0.454 e. The topological polar surface area (TPSA) is 124 Å². The Morgan fingerprint density at radius 1 is 1.18 bits per heavy atom. The van der Waals surface area contributed by atoms with E-state index in [1.165, 1.54) is 12.1 Å². The fourth-order valence-electron chi connectivity index (χ4n) is 1.71. The summed E-state index contributed by atoms with van der Waals surface area (Å²) in [4.78, 5) is 22.8. The molecule has 0 spiro atoms. The van der Waals surface area contributed by atoms with Crippen molar-refractivity contribution in [3.63, 3.8) is 0 Å². The average molecular weight is 330 g/mol. The molecule has 0 bridgehead atoms. The van der Waals surface area contributed by atoms with E-state index >= 15 is 0 Å². The van der Waals surface area contributed by atoms with Gasteiger partial charge in [-0.1, -0.05) is 18.2 Å². The van der Waals surface area contributed by atoms with E-state index in [9.17, 15) is 24.9 Å². The zero-order valence-corrected chi connectivity index (χ0v) is 12.4. The lowest BCUT2D eigenvalue weighted by Gasteiger charge is -2.30. The number of rotatable bonds is 8. The zero-order valence-electron chi connectivity index (χ0n) is 11.5. The highest BCUT2D eigenvalue weighted by Crippen LogP contribution is 2.17. The van der Waals surface area contributed by atoms with Crippen LogP contribution in [0.5, 0.6) is 0 Å². The van der Waals surface area contributed by atoms with Crippen molar-refractivity contribution in [1.82, 2.24) is 0 Å². The number of carbonyl (C=O) groups is 2. The van der Waals surface area contributed by atoms with E-state index in [1.807, 2.05) is 0 Å². The number of aliphatic hydroxyl groups excluding tert-OH is 4. The van der Waals surface area contributed by atoms with Crippen molar-refractivity contribution in [3.8, 4) is 0 Å². The number of esters is 1. The fraction of sp³-hybridized carbons (Fsp3) is 0.429. The van der Waals surface area contributed by atoms with Gasteiger partial charge in [0.25, 0.3) is 0 Å². The van der Waals surface area contributed by atoms with Gasteiger partial charge < -0.3 is 30.0 Å². The molecular formula is C14H18O7S. The van der Waals surface area contributed by atoms with Crippen LogP contribution in [-0.2, 0) is 9.53 Å². The molecule has 7 nitrogen and oxygen atoms in total. The van der Waals surface area contributed by atoms with Gasteiger partial charge in [0, 0.05) is 0 Å². The van der Waals surface area contributed by atoms with E-state index in [1.54, 1.807) is 18.2 Å². The van der Waals surface area contributed by atoms with Crippen molar-refractivity contribution in [2.45, 2.75) is 29.7 Å². The minimum Gasteiger partial charge on any atom is -0.454 e.